The molecule has 3 rings (SSSR count). The third-order valence-corrected chi connectivity index (χ3v) is 4.28. The van der Waals surface area contributed by atoms with E-state index >= 15 is 0 Å². The first-order valence-electron chi connectivity index (χ1n) is 5.42. The highest BCUT2D eigenvalue weighted by Gasteiger charge is 2.54. The molecule has 13 heavy (non-hydrogen) atoms. The van der Waals surface area contributed by atoms with Crippen LogP contribution in [0.5, 0.6) is 0 Å². The summed E-state index contributed by atoms with van der Waals surface area (Å²) in [7, 11) is 0. The zero-order valence-electron chi connectivity index (χ0n) is 8.03. The van der Waals surface area contributed by atoms with Gasteiger partial charge in [0.25, 0.3) is 0 Å². The van der Waals surface area contributed by atoms with Gasteiger partial charge in [0.15, 0.2) is 0 Å². The van der Waals surface area contributed by atoms with Crippen LogP contribution >= 0.6 is 0 Å². The van der Waals surface area contributed by atoms with Gasteiger partial charge in [0, 0.05) is 5.92 Å². The fourth-order valence-electron chi connectivity index (χ4n) is 3.88. The van der Waals surface area contributed by atoms with Crippen LogP contribution < -0.4 is 0 Å². The molecular weight excluding hydrogens is 164 g/mol. The largest absolute Gasteiger partial charge is 0.465 e. The molecule has 1 heterocycles. The number of esters is 1. The van der Waals surface area contributed by atoms with Crippen LogP contribution in [0.3, 0.4) is 0 Å². The normalized spacial score (nSPS) is 53.3. The van der Waals surface area contributed by atoms with Gasteiger partial charge in [-0.2, -0.15) is 0 Å². The Morgan fingerprint density at radius 1 is 1.23 bits per heavy atom. The number of carbonyl (C=O) groups is 1. The lowest BCUT2D eigenvalue weighted by Gasteiger charge is -2.26. The van der Waals surface area contributed by atoms with Crippen molar-refractivity contribution in [2.45, 2.75) is 26.2 Å². The van der Waals surface area contributed by atoms with Gasteiger partial charge in [-0.3, -0.25) is 4.79 Å². The van der Waals surface area contributed by atoms with E-state index in [9.17, 15) is 4.79 Å². The van der Waals surface area contributed by atoms with Crippen LogP contribution in [0.1, 0.15) is 26.2 Å². The summed E-state index contributed by atoms with van der Waals surface area (Å²) in [5.41, 5.74) is 0. The summed E-state index contributed by atoms with van der Waals surface area (Å²) >= 11 is 0. The molecule has 2 bridgehead atoms. The van der Waals surface area contributed by atoms with E-state index in [1.807, 2.05) is 0 Å². The van der Waals surface area contributed by atoms with E-state index in [1.54, 1.807) is 0 Å². The molecule has 5 unspecified atom stereocenters. The molecule has 2 saturated carbocycles. The molecular formula is C11H16O2. The maximum atomic E-state index is 11.5. The van der Waals surface area contributed by atoms with Crippen LogP contribution in [-0.4, -0.2) is 12.6 Å². The highest BCUT2D eigenvalue weighted by molar-refractivity contribution is 5.75. The van der Waals surface area contributed by atoms with E-state index in [-0.39, 0.29) is 11.9 Å². The van der Waals surface area contributed by atoms with Crippen molar-refractivity contribution < 1.29 is 9.53 Å². The lowest BCUT2D eigenvalue weighted by atomic mass is 9.80. The molecule has 2 heteroatoms. The zero-order valence-corrected chi connectivity index (χ0v) is 8.03. The van der Waals surface area contributed by atoms with Gasteiger partial charge in [0.2, 0.25) is 0 Å². The van der Waals surface area contributed by atoms with Gasteiger partial charge in [0.1, 0.15) is 0 Å². The van der Waals surface area contributed by atoms with Gasteiger partial charge in [0.05, 0.1) is 12.5 Å². The van der Waals surface area contributed by atoms with E-state index in [2.05, 4.69) is 6.92 Å². The van der Waals surface area contributed by atoms with Crippen molar-refractivity contribution in [3.8, 4) is 0 Å². The van der Waals surface area contributed by atoms with E-state index in [4.69, 9.17) is 4.74 Å². The Hall–Kier alpha value is -0.530. The van der Waals surface area contributed by atoms with E-state index in [1.165, 1.54) is 19.3 Å². The molecule has 3 aliphatic rings. The number of hydrogen-bond donors (Lipinski definition) is 0. The number of rotatable bonds is 0. The van der Waals surface area contributed by atoms with Crippen LogP contribution in [-0.2, 0) is 9.53 Å². The number of ether oxygens (including phenoxy) is 1. The molecule has 1 aliphatic heterocycles. The van der Waals surface area contributed by atoms with E-state index < -0.39 is 0 Å². The number of carbonyl (C=O) groups excluding carboxylic acids is 1. The molecule has 0 radical (unpaired) electrons. The van der Waals surface area contributed by atoms with Gasteiger partial charge in [-0.25, -0.2) is 0 Å². The van der Waals surface area contributed by atoms with Crippen molar-refractivity contribution in [1.29, 1.82) is 0 Å². The smallest absolute Gasteiger partial charge is 0.309 e. The fourth-order valence-corrected chi connectivity index (χ4v) is 3.88. The van der Waals surface area contributed by atoms with Crippen LogP contribution in [0, 0.1) is 29.6 Å². The van der Waals surface area contributed by atoms with E-state index in [0.717, 1.165) is 18.4 Å². The Bertz CT molecular complexity index is 246. The topological polar surface area (TPSA) is 26.3 Å². The van der Waals surface area contributed by atoms with Crippen molar-refractivity contribution in [2.75, 3.05) is 6.61 Å². The highest BCUT2D eigenvalue weighted by Crippen LogP contribution is 2.54. The summed E-state index contributed by atoms with van der Waals surface area (Å²) in [6.45, 7) is 3.04. The van der Waals surface area contributed by atoms with Crippen molar-refractivity contribution in [2.24, 2.45) is 29.6 Å². The summed E-state index contributed by atoms with van der Waals surface area (Å²) in [5.74, 6) is 3.27. The SMILES string of the molecule is CC1CC2CC(C1)C1C(=O)OCC21. The number of fused-ring (bicyclic) bond motifs is 5. The second-order valence-corrected chi connectivity index (χ2v) is 5.15. The molecule has 0 amide bonds. The van der Waals surface area contributed by atoms with Crippen LogP contribution in [0.2, 0.25) is 0 Å². The Morgan fingerprint density at radius 2 is 2.00 bits per heavy atom. The van der Waals surface area contributed by atoms with Crippen LogP contribution in [0.4, 0.5) is 0 Å². The first kappa shape index (κ1) is 7.84. The lowest BCUT2D eigenvalue weighted by molar-refractivity contribution is -0.142. The molecule has 0 aromatic carbocycles. The Balaban J connectivity index is 1.91. The average Bonchev–Trinajstić information content (AvgIpc) is 2.55. The molecule has 3 fully saturated rings. The minimum atomic E-state index is 0.103. The third kappa shape index (κ3) is 0.976. The summed E-state index contributed by atoms with van der Waals surface area (Å²) < 4.78 is 5.15. The van der Waals surface area contributed by atoms with Crippen molar-refractivity contribution in [1.82, 2.24) is 0 Å². The summed E-state index contributed by atoms with van der Waals surface area (Å²) in [6.07, 6.45) is 3.88. The Kier molecular flexibility index (Phi) is 1.50. The zero-order chi connectivity index (χ0) is 9.00. The second kappa shape index (κ2) is 2.49. The van der Waals surface area contributed by atoms with Gasteiger partial charge < -0.3 is 4.74 Å². The quantitative estimate of drug-likeness (QED) is 0.532. The van der Waals surface area contributed by atoms with E-state index in [0.29, 0.717) is 11.8 Å². The Morgan fingerprint density at radius 3 is 2.85 bits per heavy atom. The van der Waals surface area contributed by atoms with Gasteiger partial charge in [-0.15, -0.1) is 0 Å². The van der Waals surface area contributed by atoms with Crippen LogP contribution in [0.15, 0.2) is 0 Å². The third-order valence-electron chi connectivity index (χ3n) is 4.28. The minimum Gasteiger partial charge on any atom is -0.465 e. The molecule has 0 aromatic heterocycles. The monoisotopic (exact) mass is 180 g/mol. The second-order valence-electron chi connectivity index (χ2n) is 5.15. The fraction of sp³-hybridized carbons (Fsp3) is 0.909. The lowest BCUT2D eigenvalue weighted by Crippen LogP contribution is -2.20. The van der Waals surface area contributed by atoms with Crippen molar-refractivity contribution in [3.63, 3.8) is 0 Å². The molecule has 72 valence electrons. The van der Waals surface area contributed by atoms with Crippen molar-refractivity contribution in [3.05, 3.63) is 0 Å². The molecule has 2 aliphatic carbocycles. The van der Waals surface area contributed by atoms with Crippen molar-refractivity contribution >= 4 is 5.97 Å². The van der Waals surface area contributed by atoms with Gasteiger partial charge >= 0.3 is 5.97 Å². The predicted molar refractivity (Wildman–Crippen MR) is 47.9 cm³/mol. The number of cyclic esters (lactones) is 1. The van der Waals surface area contributed by atoms with Crippen LogP contribution in [0.25, 0.3) is 0 Å². The predicted octanol–water partition coefficient (Wildman–Crippen LogP) is 1.84. The molecule has 0 spiro atoms. The summed E-state index contributed by atoms with van der Waals surface area (Å²) in [4.78, 5) is 11.5. The minimum absolute atomic E-state index is 0.103. The summed E-state index contributed by atoms with van der Waals surface area (Å²) in [6, 6.07) is 0. The molecule has 5 atom stereocenters. The molecule has 2 nitrogen and oxygen atoms in total. The van der Waals surface area contributed by atoms with Gasteiger partial charge in [-0.05, 0) is 37.0 Å². The maximum absolute atomic E-state index is 11.5. The average molecular weight is 180 g/mol. The summed E-state index contributed by atoms with van der Waals surface area (Å²) in [5, 5.41) is 0. The maximum Gasteiger partial charge on any atom is 0.309 e. The first-order valence-corrected chi connectivity index (χ1v) is 5.42. The number of hydrogen-bond acceptors (Lipinski definition) is 2. The molecule has 1 saturated heterocycles. The standard InChI is InChI=1S/C11H16O2/c1-6-2-7-4-8(3-6)10-9(7)5-13-11(10)12/h6-10H,2-5H2,1H3. The first-order chi connectivity index (χ1) is 6.25. The van der Waals surface area contributed by atoms with Gasteiger partial charge in [-0.1, -0.05) is 6.92 Å². The molecule has 0 N–H and O–H groups in total. The highest BCUT2D eigenvalue weighted by atomic mass is 16.5. The Labute approximate surface area is 78.6 Å². The molecule has 0 aromatic rings.